The number of carboxylic acid groups (broad SMARTS) is 1. The molecule has 98 valence electrons. The Kier molecular flexibility index (Phi) is 6.88. The van der Waals surface area contributed by atoms with Crippen molar-refractivity contribution in [2.75, 3.05) is 0 Å². The highest BCUT2D eigenvalue weighted by Gasteiger charge is 2.23. The van der Waals surface area contributed by atoms with Crippen LogP contribution in [0.1, 0.15) is 32.6 Å². The maximum atomic E-state index is 11.5. The van der Waals surface area contributed by atoms with Crippen molar-refractivity contribution in [3.63, 3.8) is 0 Å². The molecule has 0 fully saturated rings. The second-order valence-electron chi connectivity index (χ2n) is 3.80. The highest BCUT2D eigenvalue weighted by atomic mass is 16.4. The van der Waals surface area contributed by atoms with Crippen LogP contribution >= 0.6 is 0 Å². The van der Waals surface area contributed by atoms with Crippen LogP contribution in [-0.4, -0.2) is 35.0 Å². The molecule has 0 rings (SSSR count). The van der Waals surface area contributed by atoms with Gasteiger partial charge in [0.1, 0.15) is 6.04 Å². The summed E-state index contributed by atoms with van der Waals surface area (Å²) in [6.45, 7) is 1.87. The molecule has 0 aromatic rings. The second kappa shape index (κ2) is 7.61. The molecule has 2 amide bonds. The van der Waals surface area contributed by atoms with Crippen molar-refractivity contribution in [1.82, 2.24) is 5.32 Å². The number of carbonyl (C=O) groups is 3. The summed E-state index contributed by atoms with van der Waals surface area (Å²) in [5.41, 5.74) is 10.4. The standard InChI is InChI=1S/C10H19N3O4/c1-2-3-6(11)9(15)13-7(10(16)17)4-5-8(12)14/h6-7H,2-5,11H2,1H3,(H2,12,14)(H,13,15)(H,16,17)/t6-,7+/m0/s1. The topological polar surface area (TPSA) is 136 Å². The Morgan fingerprint density at radius 3 is 2.29 bits per heavy atom. The Balaban J connectivity index is 4.29. The average molecular weight is 245 g/mol. The smallest absolute Gasteiger partial charge is 0.326 e. The molecule has 0 radical (unpaired) electrons. The van der Waals surface area contributed by atoms with Crippen LogP contribution in [0.15, 0.2) is 0 Å². The van der Waals surface area contributed by atoms with Gasteiger partial charge in [-0.2, -0.15) is 0 Å². The summed E-state index contributed by atoms with van der Waals surface area (Å²) in [5.74, 6) is -2.34. The normalized spacial score (nSPS) is 13.8. The van der Waals surface area contributed by atoms with Crippen LogP contribution in [0.3, 0.4) is 0 Å². The number of nitrogens with two attached hydrogens (primary N) is 2. The highest BCUT2D eigenvalue weighted by Crippen LogP contribution is 2.00. The number of hydrogen-bond donors (Lipinski definition) is 4. The van der Waals surface area contributed by atoms with E-state index in [1.807, 2.05) is 6.92 Å². The third-order valence-corrected chi connectivity index (χ3v) is 2.23. The summed E-state index contributed by atoms with van der Waals surface area (Å²) in [4.78, 5) is 32.8. The third-order valence-electron chi connectivity index (χ3n) is 2.23. The number of rotatable bonds is 8. The predicted octanol–water partition coefficient (Wildman–Crippen LogP) is -1.05. The van der Waals surface area contributed by atoms with Crippen molar-refractivity contribution in [3.05, 3.63) is 0 Å². The van der Waals surface area contributed by atoms with Crippen molar-refractivity contribution < 1.29 is 19.5 Å². The highest BCUT2D eigenvalue weighted by molar-refractivity contribution is 5.87. The van der Waals surface area contributed by atoms with E-state index in [1.165, 1.54) is 0 Å². The minimum absolute atomic E-state index is 0.0325. The first-order chi connectivity index (χ1) is 7.88. The van der Waals surface area contributed by atoms with Crippen molar-refractivity contribution in [3.8, 4) is 0 Å². The van der Waals surface area contributed by atoms with Crippen LogP contribution < -0.4 is 16.8 Å². The Morgan fingerprint density at radius 1 is 1.29 bits per heavy atom. The number of aliphatic carboxylic acids is 1. The molecule has 7 heteroatoms. The molecule has 0 saturated heterocycles. The van der Waals surface area contributed by atoms with E-state index in [4.69, 9.17) is 16.6 Å². The number of amides is 2. The molecule has 0 aliphatic heterocycles. The number of nitrogens with one attached hydrogen (secondary N) is 1. The van der Waals surface area contributed by atoms with Crippen LogP contribution in [-0.2, 0) is 14.4 Å². The molecule has 0 spiro atoms. The first kappa shape index (κ1) is 15.4. The van der Waals surface area contributed by atoms with Crippen molar-refractivity contribution in [1.29, 1.82) is 0 Å². The summed E-state index contributed by atoms with van der Waals surface area (Å²) in [6.07, 6.45) is 1.08. The van der Waals surface area contributed by atoms with E-state index in [2.05, 4.69) is 5.32 Å². The van der Waals surface area contributed by atoms with Crippen molar-refractivity contribution >= 4 is 17.8 Å². The van der Waals surface area contributed by atoms with Gasteiger partial charge in [0.2, 0.25) is 11.8 Å². The van der Waals surface area contributed by atoms with Crippen LogP contribution in [0, 0.1) is 0 Å². The zero-order valence-electron chi connectivity index (χ0n) is 9.81. The van der Waals surface area contributed by atoms with Gasteiger partial charge in [-0.1, -0.05) is 13.3 Å². The zero-order valence-corrected chi connectivity index (χ0v) is 9.81. The Bertz CT molecular complexity index is 293. The summed E-state index contributed by atoms with van der Waals surface area (Å²) in [6, 6.07) is -1.85. The second-order valence-corrected chi connectivity index (χ2v) is 3.80. The van der Waals surface area contributed by atoms with E-state index in [0.29, 0.717) is 6.42 Å². The largest absolute Gasteiger partial charge is 0.480 e. The van der Waals surface area contributed by atoms with Crippen molar-refractivity contribution in [2.24, 2.45) is 11.5 Å². The fourth-order valence-corrected chi connectivity index (χ4v) is 1.26. The fraction of sp³-hybridized carbons (Fsp3) is 0.700. The van der Waals surface area contributed by atoms with Gasteiger partial charge < -0.3 is 21.9 Å². The molecule has 0 bridgehead atoms. The van der Waals surface area contributed by atoms with E-state index >= 15 is 0 Å². The number of primary amides is 1. The molecule has 0 aromatic carbocycles. The van der Waals surface area contributed by atoms with Crippen LogP contribution in [0.25, 0.3) is 0 Å². The molecule has 0 aliphatic rings. The van der Waals surface area contributed by atoms with Gasteiger partial charge in [-0.25, -0.2) is 4.79 Å². The van der Waals surface area contributed by atoms with Gasteiger partial charge in [0.05, 0.1) is 6.04 Å². The van der Waals surface area contributed by atoms with E-state index < -0.39 is 29.9 Å². The lowest BCUT2D eigenvalue weighted by Crippen LogP contribution is -2.48. The first-order valence-corrected chi connectivity index (χ1v) is 5.45. The van der Waals surface area contributed by atoms with Crippen LogP contribution in [0.4, 0.5) is 0 Å². The molecular formula is C10H19N3O4. The van der Waals surface area contributed by atoms with Crippen LogP contribution in [0.2, 0.25) is 0 Å². The minimum atomic E-state index is -1.21. The van der Waals surface area contributed by atoms with Gasteiger partial charge in [0.15, 0.2) is 0 Å². The van der Waals surface area contributed by atoms with Crippen LogP contribution in [0.5, 0.6) is 0 Å². The fourth-order valence-electron chi connectivity index (χ4n) is 1.26. The molecular weight excluding hydrogens is 226 g/mol. The van der Waals surface area contributed by atoms with Gasteiger partial charge in [-0.15, -0.1) is 0 Å². The zero-order chi connectivity index (χ0) is 13.4. The molecule has 0 aromatic heterocycles. The number of hydrogen-bond acceptors (Lipinski definition) is 4. The molecule has 0 aliphatic carbocycles. The summed E-state index contributed by atoms with van der Waals surface area (Å²) >= 11 is 0. The van der Waals surface area contributed by atoms with Gasteiger partial charge >= 0.3 is 5.97 Å². The summed E-state index contributed by atoms with van der Waals surface area (Å²) < 4.78 is 0. The number of carboxylic acids is 1. The Labute approximate surface area is 99.5 Å². The monoisotopic (exact) mass is 245 g/mol. The lowest BCUT2D eigenvalue weighted by atomic mass is 10.1. The predicted molar refractivity (Wildman–Crippen MR) is 60.9 cm³/mol. The van der Waals surface area contributed by atoms with Crippen molar-refractivity contribution in [2.45, 2.75) is 44.7 Å². The SMILES string of the molecule is CCC[C@H](N)C(=O)N[C@H](CCC(N)=O)C(=O)O. The summed E-state index contributed by atoms with van der Waals surface area (Å²) in [7, 11) is 0. The Morgan fingerprint density at radius 2 is 1.88 bits per heavy atom. The number of carbonyl (C=O) groups excluding carboxylic acids is 2. The van der Waals surface area contributed by atoms with Gasteiger partial charge in [-0.05, 0) is 12.8 Å². The molecule has 0 unspecified atom stereocenters. The van der Waals surface area contributed by atoms with E-state index in [1.54, 1.807) is 0 Å². The molecule has 6 N–H and O–H groups in total. The first-order valence-electron chi connectivity index (χ1n) is 5.45. The van der Waals surface area contributed by atoms with Gasteiger partial charge in [0.25, 0.3) is 0 Å². The maximum Gasteiger partial charge on any atom is 0.326 e. The maximum absolute atomic E-state index is 11.5. The lowest BCUT2D eigenvalue weighted by molar-refractivity contribution is -0.142. The molecule has 2 atom stereocenters. The minimum Gasteiger partial charge on any atom is -0.480 e. The summed E-state index contributed by atoms with van der Waals surface area (Å²) in [5, 5.41) is 11.1. The Hall–Kier alpha value is -1.63. The average Bonchev–Trinajstić information content (AvgIpc) is 2.23. The van der Waals surface area contributed by atoms with E-state index in [0.717, 1.165) is 6.42 Å². The molecule has 17 heavy (non-hydrogen) atoms. The van der Waals surface area contributed by atoms with E-state index in [9.17, 15) is 14.4 Å². The van der Waals surface area contributed by atoms with Gasteiger partial charge in [0, 0.05) is 6.42 Å². The molecule has 0 saturated carbocycles. The quantitative estimate of drug-likeness (QED) is 0.432. The van der Waals surface area contributed by atoms with E-state index in [-0.39, 0.29) is 12.8 Å². The molecule has 0 heterocycles. The third kappa shape index (κ3) is 6.52. The molecule has 7 nitrogen and oxygen atoms in total. The van der Waals surface area contributed by atoms with Gasteiger partial charge in [-0.3, -0.25) is 9.59 Å². The lowest BCUT2D eigenvalue weighted by Gasteiger charge is -2.16.